The SMILES string of the molecule is CC(O)CCC1(O)CC2(OCCO2)C2C3C=CC(C3)C2C1=O. The third-order valence-corrected chi connectivity index (χ3v) is 6.02. The topological polar surface area (TPSA) is 76.0 Å². The molecule has 6 unspecified atom stereocenters. The fourth-order valence-electron chi connectivity index (χ4n) is 5.13. The van der Waals surface area contributed by atoms with Crippen molar-refractivity contribution < 1.29 is 24.5 Å². The van der Waals surface area contributed by atoms with Crippen molar-refractivity contribution in [3.05, 3.63) is 12.2 Å². The number of rotatable bonds is 3. The van der Waals surface area contributed by atoms with Crippen molar-refractivity contribution >= 4 is 5.78 Å². The van der Waals surface area contributed by atoms with Crippen LogP contribution in [0.3, 0.4) is 0 Å². The predicted molar refractivity (Wildman–Crippen MR) is 77.8 cm³/mol. The van der Waals surface area contributed by atoms with Crippen LogP contribution in [0.1, 0.15) is 32.6 Å². The standard InChI is InChI=1S/C17H24O5/c1-10(18)4-5-16(20)9-17(21-6-7-22-17)14-12-3-2-11(8-12)13(14)15(16)19/h2-3,10-14,18,20H,4-9H2,1H3. The number of carbonyl (C=O) groups is 1. The molecule has 6 atom stereocenters. The molecule has 122 valence electrons. The molecule has 1 saturated heterocycles. The summed E-state index contributed by atoms with van der Waals surface area (Å²) in [5.41, 5.74) is -1.44. The van der Waals surface area contributed by atoms with Gasteiger partial charge in [-0.1, -0.05) is 12.2 Å². The van der Waals surface area contributed by atoms with Crippen molar-refractivity contribution in [2.45, 2.75) is 50.1 Å². The second-order valence-electron chi connectivity index (χ2n) is 7.47. The van der Waals surface area contributed by atoms with Gasteiger partial charge >= 0.3 is 0 Å². The molecule has 0 amide bonds. The van der Waals surface area contributed by atoms with Gasteiger partial charge in [0, 0.05) is 18.3 Å². The van der Waals surface area contributed by atoms with E-state index < -0.39 is 17.5 Å². The van der Waals surface area contributed by atoms with Crippen molar-refractivity contribution in [2.75, 3.05) is 13.2 Å². The predicted octanol–water partition coefficient (Wildman–Crippen LogP) is 1.03. The Bertz CT molecular complexity index is 507. The van der Waals surface area contributed by atoms with Gasteiger partial charge in [0.2, 0.25) is 0 Å². The Morgan fingerprint density at radius 2 is 2.00 bits per heavy atom. The maximum absolute atomic E-state index is 13.0. The minimum Gasteiger partial charge on any atom is -0.393 e. The molecule has 3 fully saturated rings. The summed E-state index contributed by atoms with van der Waals surface area (Å²) in [6.45, 7) is 2.72. The number of aliphatic hydroxyl groups is 2. The molecule has 4 aliphatic rings. The molecule has 5 heteroatoms. The van der Waals surface area contributed by atoms with Crippen LogP contribution in [0.15, 0.2) is 12.2 Å². The molecule has 0 aromatic heterocycles. The Balaban J connectivity index is 1.69. The highest BCUT2D eigenvalue weighted by molar-refractivity contribution is 5.91. The second-order valence-corrected chi connectivity index (χ2v) is 7.47. The van der Waals surface area contributed by atoms with Crippen LogP contribution >= 0.6 is 0 Å². The molecule has 2 N–H and O–H groups in total. The zero-order valence-electron chi connectivity index (χ0n) is 12.9. The van der Waals surface area contributed by atoms with Crippen molar-refractivity contribution in [3.8, 4) is 0 Å². The molecule has 1 aliphatic heterocycles. The molecule has 5 nitrogen and oxygen atoms in total. The van der Waals surface area contributed by atoms with E-state index >= 15 is 0 Å². The van der Waals surface area contributed by atoms with Gasteiger partial charge in [-0.3, -0.25) is 4.79 Å². The smallest absolute Gasteiger partial charge is 0.175 e. The van der Waals surface area contributed by atoms with E-state index in [1.807, 2.05) is 0 Å². The first kappa shape index (κ1) is 14.8. The third kappa shape index (κ3) is 1.96. The summed E-state index contributed by atoms with van der Waals surface area (Å²) in [6, 6.07) is 0. The van der Waals surface area contributed by atoms with Gasteiger partial charge in [-0.05, 0) is 38.0 Å². The average molecular weight is 308 g/mol. The first-order valence-electron chi connectivity index (χ1n) is 8.36. The number of Topliss-reactive ketones (excluding diaryl/α,β-unsaturated/α-hetero) is 1. The largest absolute Gasteiger partial charge is 0.393 e. The van der Waals surface area contributed by atoms with E-state index in [1.54, 1.807) is 6.92 Å². The van der Waals surface area contributed by atoms with Gasteiger partial charge in [0.25, 0.3) is 0 Å². The number of hydrogen-bond acceptors (Lipinski definition) is 5. The van der Waals surface area contributed by atoms with E-state index in [4.69, 9.17) is 9.47 Å². The molecular formula is C17H24O5. The fourth-order valence-corrected chi connectivity index (χ4v) is 5.13. The molecule has 0 radical (unpaired) electrons. The quantitative estimate of drug-likeness (QED) is 0.762. The summed E-state index contributed by atoms with van der Waals surface area (Å²) in [5.74, 6) is -0.551. The summed E-state index contributed by atoms with van der Waals surface area (Å²) in [4.78, 5) is 13.0. The second kappa shape index (κ2) is 4.87. The van der Waals surface area contributed by atoms with E-state index in [9.17, 15) is 15.0 Å². The van der Waals surface area contributed by atoms with Gasteiger partial charge < -0.3 is 19.7 Å². The molecule has 4 rings (SSSR count). The normalized spacial score (nSPS) is 46.4. The van der Waals surface area contributed by atoms with Gasteiger partial charge in [0.15, 0.2) is 11.6 Å². The van der Waals surface area contributed by atoms with E-state index in [1.165, 1.54) is 0 Å². The lowest BCUT2D eigenvalue weighted by Crippen LogP contribution is -2.62. The fraction of sp³-hybridized carbons (Fsp3) is 0.824. The first-order chi connectivity index (χ1) is 10.5. The van der Waals surface area contributed by atoms with Gasteiger partial charge in [0.05, 0.1) is 19.3 Å². The molecule has 1 heterocycles. The van der Waals surface area contributed by atoms with Crippen LogP contribution in [0.5, 0.6) is 0 Å². The van der Waals surface area contributed by atoms with E-state index in [0.717, 1.165) is 6.42 Å². The lowest BCUT2D eigenvalue weighted by atomic mass is 9.62. The third-order valence-electron chi connectivity index (χ3n) is 6.02. The van der Waals surface area contributed by atoms with Crippen LogP contribution in [0.4, 0.5) is 0 Å². The number of aliphatic hydroxyl groups excluding tert-OH is 1. The number of ether oxygens (including phenoxy) is 2. The van der Waals surface area contributed by atoms with Crippen molar-refractivity contribution in [1.82, 2.24) is 0 Å². The van der Waals surface area contributed by atoms with Crippen LogP contribution in [-0.4, -0.2) is 46.7 Å². The number of allylic oxidation sites excluding steroid dienone is 2. The summed E-state index contributed by atoms with van der Waals surface area (Å²) in [5, 5.41) is 20.6. The first-order valence-corrected chi connectivity index (χ1v) is 8.36. The highest BCUT2D eigenvalue weighted by atomic mass is 16.7. The summed E-state index contributed by atoms with van der Waals surface area (Å²) in [7, 11) is 0. The minimum absolute atomic E-state index is 0.0318. The van der Waals surface area contributed by atoms with E-state index in [-0.39, 0.29) is 36.4 Å². The number of hydrogen-bond donors (Lipinski definition) is 2. The molecule has 1 spiro atoms. The average Bonchev–Trinajstić information content (AvgIpc) is 3.18. The van der Waals surface area contributed by atoms with Crippen LogP contribution in [-0.2, 0) is 14.3 Å². The zero-order valence-corrected chi connectivity index (χ0v) is 12.9. The highest BCUT2D eigenvalue weighted by Crippen LogP contribution is 2.60. The minimum atomic E-state index is -1.44. The lowest BCUT2D eigenvalue weighted by Gasteiger charge is -2.50. The summed E-state index contributed by atoms with van der Waals surface area (Å²) >= 11 is 0. The van der Waals surface area contributed by atoms with Gasteiger partial charge in [-0.15, -0.1) is 0 Å². The van der Waals surface area contributed by atoms with Gasteiger partial charge in [-0.2, -0.15) is 0 Å². The van der Waals surface area contributed by atoms with Crippen LogP contribution < -0.4 is 0 Å². The van der Waals surface area contributed by atoms with Crippen LogP contribution in [0.25, 0.3) is 0 Å². The van der Waals surface area contributed by atoms with E-state index in [0.29, 0.717) is 25.6 Å². The molecule has 2 saturated carbocycles. The Hall–Kier alpha value is -0.750. The Labute approximate surface area is 130 Å². The Morgan fingerprint density at radius 1 is 1.32 bits per heavy atom. The van der Waals surface area contributed by atoms with Gasteiger partial charge in [0.1, 0.15) is 5.60 Å². The lowest BCUT2D eigenvalue weighted by molar-refractivity contribution is -0.256. The zero-order chi connectivity index (χ0) is 15.5. The molecule has 22 heavy (non-hydrogen) atoms. The molecule has 0 aromatic rings. The summed E-state index contributed by atoms with van der Waals surface area (Å²) in [6.07, 6.45) is 5.60. The van der Waals surface area contributed by atoms with Crippen LogP contribution in [0.2, 0.25) is 0 Å². The highest BCUT2D eigenvalue weighted by Gasteiger charge is 2.67. The monoisotopic (exact) mass is 308 g/mol. The Morgan fingerprint density at radius 3 is 2.68 bits per heavy atom. The van der Waals surface area contributed by atoms with E-state index in [2.05, 4.69) is 12.2 Å². The molecule has 0 aromatic carbocycles. The number of fused-ring (bicyclic) bond motifs is 6. The van der Waals surface area contributed by atoms with Crippen molar-refractivity contribution in [2.24, 2.45) is 23.7 Å². The maximum Gasteiger partial charge on any atom is 0.175 e. The Kier molecular flexibility index (Phi) is 3.28. The van der Waals surface area contributed by atoms with Crippen LogP contribution in [0, 0.1) is 23.7 Å². The molecule has 2 bridgehead atoms. The molecule has 3 aliphatic carbocycles. The molecular weight excluding hydrogens is 284 g/mol. The number of ketones is 1. The van der Waals surface area contributed by atoms with Crippen molar-refractivity contribution in [1.29, 1.82) is 0 Å². The van der Waals surface area contributed by atoms with Gasteiger partial charge in [-0.25, -0.2) is 0 Å². The summed E-state index contributed by atoms with van der Waals surface area (Å²) < 4.78 is 11.9. The maximum atomic E-state index is 13.0. The van der Waals surface area contributed by atoms with Crippen molar-refractivity contribution in [3.63, 3.8) is 0 Å². The number of carbonyl (C=O) groups excluding carboxylic acids is 1.